The van der Waals surface area contributed by atoms with Crippen LogP contribution in [0.4, 0.5) is 0 Å². The van der Waals surface area contributed by atoms with Crippen molar-refractivity contribution in [2.75, 3.05) is 5.84 Å². The largest absolute Gasteiger partial charge is 0.335 e. The van der Waals surface area contributed by atoms with Gasteiger partial charge in [-0.15, -0.1) is 10.2 Å². The lowest BCUT2D eigenvalue weighted by molar-refractivity contribution is 0.414. The molecular formula is C15H18N4O. The summed E-state index contributed by atoms with van der Waals surface area (Å²) in [6.07, 6.45) is 5.66. The van der Waals surface area contributed by atoms with Crippen LogP contribution in [0, 0.1) is 0 Å². The van der Waals surface area contributed by atoms with E-state index in [9.17, 15) is 4.79 Å². The normalized spacial score (nSPS) is 16.2. The molecule has 0 saturated heterocycles. The van der Waals surface area contributed by atoms with Crippen LogP contribution in [-0.4, -0.2) is 14.9 Å². The minimum atomic E-state index is -0.272. The van der Waals surface area contributed by atoms with Crippen molar-refractivity contribution in [2.24, 2.45) is 0 Å². The molecule has 5 nitrogen and oxygen atoms in total. The van der Waals surface area contributed by atoms with Gasteiger partial charge in [-0.25, -0.2) is 4.68 Å². The summed E-state index contributed by atoms with van der Waals surface area (Å²) in [6, 6.07) is 9.31. The molecule has 2 N–H and O–H groups in total. The van der Waals surface area contributed by atoms with Crippen molar-refractivity contribution in [2.45, 2.75) is 38.0 Å². The van der Waals surface area contributed by atoms with Crippen molar-refractivity contribution in [1.29, 1.82) is 0 Å². The van der Waals surface area contributed by atoms with E-state index in [1.165, 1.54) is 23.9 Å². The Labute approximate surface area is 117 Å². The molecule has 0 aliphatic heterocycles. The smallest absolute Gasteiger partial charge is 0.298 e. The van der Waals surface area contributed by atoms with E-state index in [-0.39, 0.29) is 11.5 Å². The fourth-order valence-corrected chi connectivity index (χ4v) is 2.83. The van der Waals surface area contributed by atoms with Gasteiger partial charge in [-0.1, -0.05) is 49.6 Å². The van der Waals surface area contributed by atoms with Crippen molar-refractivity contribution in [1.82, 2.24) is 14.9 Å². The highest BCUT2D eigenvalue weighted by Gasteiger charge is 2.22. The fraction of sp³-hybridized carbons (Fsp3) is 0.400. The second-order valence-electron chi connectivity index (χ2n) is 5.28. The first-order valence-corrected chi connectivity index (χ1v) is 7.07. The van der Waals surface area contributed by atoms with Crippen LogP contribution in [-0.2, 0) is 0 Å². The number of nitrogens with zero attached hydrogens (tertiary/aromatic N) is 3. The van der Waals surface area contributed by atoms with Crippen molar-refractivity contribution >= 4 is 0 Å². The summed E-state index contributed by atoms with van der Waals surface area (Å²) in [5, 5.41) is 8.35. The highest BCUT2D eigenvalue weighted by atomic mass is 16.1. The van der Waals surface area contributed by atoms with E-state index in [1.54, 1.807) is 0 Å². The highest BCUT2D eigenvalue weighted by Crippen LogP contribution is 2.30. The van der Waals surface area contributed by atoms with Gasteiger partial charge in [-0.2, -0.15) is 0 Å². The van der Waals surface area contributed by atoms with Crippen LogP contribution in [0.3, 0.4) is 0 Å². The van der Waals surface area contributed by atoms with Crippen molar-refractivity contribution in [3.8, 4) is 11.3 Å². The van der Waals surface area contributed by atoms with Gasteiger partial charge < -0.3 is 5.84 Å². The van der Waals surface area contributed by atoms with E-state index in [4.69, 9.17) is 5.84 Å². The third kappa shape index (κ3) is 2.31. The molecule has 1 saturated carbocycles. The Morgan fingerprint density at radius 2 is 1.75 bits per heavy atom. The van der Waals surface area contributed by atoms with Gasteiger partial charge in [0.1, 0.15) is 0 Å². The van der Waals surface area contributed by atoms with Gasteiger partial charge in [-0.3, -0.25) is 4.79 Å². The first kappa shape index (κ1) is 12.8. The summed E-state index contributed by atoms with van der Waals surface area (Å²) < 4.78 is 1.19. The number of nitrogen functional groups attached to an aromatic ring is 1. The second-order valence-corrected chi connectivity index (χ2v) is 5.28. The van der Waals surface area contributed by atoms with Crippen molar-refractivity contribution in [3.05, 3.63) is 46.5 Å². The molecule has 1 aromatic carbocycles. The highest BCUT2D eigenvalue weighted by molar-refractivity contribution is 5.57. The quantitative estimate of drug-likeness (QED) is 0.848. The van der Waals surface area contributed by atoms with E-state index < -0.39 is 0 Å². The molecule has 0 radical (unpaired) electrons. The maximum absolute atomic E-state index is 12.4. The topological polar surface area (TPSA) is 73.8 Å². The van der Waals surface area contributed by atoms with Crippen LogP contribution < -0.4 is 11.4 Å². The number of hydrogen-bond acceptors (Lipinski definition) is 4. The zero-order chi connectivity index (χ0) is 13.9. The molecule has 2 aromatic rings. The summed E-state index contributed by atoms with van der Waals surface area (Å²) in [5.74, 6) is 6.84. The van der Waals surface area contributed by atoms with Crippen molar-refractivity contribution in [3.63, 3.8) is 0 Å². The van der Waals surface area contributed by atoms with Crippen molar-refractivity contribution < 1.29 is 0 Å². The summed E-state index contributed by atoms with van der Waals surface area (Å²) in [5.41, 5.74) is 0.791. The molecule has 0 bridgehead atoms. The number of nitrogens with two attached hydrogens (primary N) is 1. The maximum atomic E-state index is 12.4. The minimum absolute atomic E-state index is 0.263. The van der Waals surface area contributed by atoms with Crippen LogP contribution in [0.5, 0.6) is 0 Å². The van der Waals surface area contributed by atoms with Crippen LogP contribution in [0.1, 0.15) is 43.8 Å². The number of aromatic nitrogens is 3. The first-order chi connectivity index (χ1) is 9.77. The molecule has 1 heterocycles. The first-order valence-electron chi connectivity index (χ1n) is 7.07. The molecule has 3 rings (SSSR count). The molecule has 1 aliphatic rings. The Hall–Kier alpha value is -2.17. The van der Waals surface area contributed by atoms with Gasteiger partial charge in [0.25, 0.3) is 5.56 Å². The van der Waals surface area contributed by atoms with E-state index in [0.29, 0.717) is 11.5 Å². The van der Waals surface area contributed by atoms with Gasteiger partial charge in [-0.05, 0) is 12.8 Å². The molecule has 0 atom stereocenters. The average Bonchev–Trinajstić information content (AvgIpc) is 2.52. The predicted molar refractivity (Wildman–Crippen MR) is 77.7 cm³/mol. The Morgan fingerprint density at radius 1 is 1.05 bits per heavy atom. The summed E-state index contributed by atoms with van der Waals surface area (Å²) in [4.78, 5) is 12.4. The Kier molecular flexibility index (Phi) is 3.50. The van der Waals surface area contributed by atoms with Crippen LogP contribution in [0.25, 0.3) is 11.3 Å². The second kappa shape index (κ2) is 5.45. The maximum Gasteiger partial charge on any atom is 0.298 e. The lowest BCUT2D eigenvalue weighted by Gasteiger charge is -2.21. The molecule has 1 aromatic heterocycles. The summed E-state index contributed by atoms with van der Waals surface area (Å²) in [6.45, 7) is 0. The third-order valence-electron chi connectivity index (χ3n) is 3.94. The molecule has 0 unspecified atom stereocenters. The zero-order valence-electron chi connectivity index (χ0n) is 11.3. The monoisotopic (exact) mass is 270 g/mol. The van der Waals surface area contributed by atoms with E-state index in [1.807, 2.05) is 30.3 Å². The molecular weight excluding hydrogens is 252 g/mol. The number of hydrogen-bond donors (Lipinski definition) is 1. The van der Waals surface area contributed by atoms with Gasteiger partial charge in [0.2, 0.25) is 0 Å². The molecule has 1 fully saturated rings. The molecule has 0 amide bonds. The average molecular weight is 270 g/mol. The van der Waals surface area contributed by atoms with Crippen LogP contribution in [0.2, 0.25) is 0 Å². The van der Waals surface area contributed by atoms with Gasteiger partial charge in [0.15, 0.2) is 11.5 Å². The lowest BCUT2D eigenvalue weighted by Crippen LogP contribution is -2.35. The van der Waals surface area contributed by atoms with Gasteiger partial charge in [0.05, 0.1) is 0 Å². The number of rotatable bonds is 2. The van der Waals surface area contributed by atoms with E-state index in [2.05, 4.69) is 10.2 Å². The van der Waals surface area contributed by atoms with Crippen LogP contribution in [0.15, 0.2) is 35.1 Å². The Balaban J connectivity index is 2.01. The van der Waals surface area contributed by atoms with Crippen LogP contribution >= 0.6 is 0 Å². The Morgan fingerprint density at radius 3 is 2.45 bits per heavy atom. The standard InChI is InChI=1S/C15H18N4O/c16-19-14(12-9-5-2-6-10-12)18-17-13(15(19)20)11-7-3-1-4-8-11/h1,3-4,7-8,12H,2,5-6,9-10,16H2. The molecule has 20 heavy (non-hydrogen) atoms. The van der Waals surface area contributed by atoms with Gasteiger partial charge >= 0.3 is 0 Å². The van der Waals surface area contributed by atoms with Gasteiger partial charge in [0, 0.05) is 11.5 Å². The molecule has 5 heteroatoms. The SMILES string of the molecule is Nn1c(C2CCCCC2)nnc(-c2ccccc2)c1=O. The molecule has 0 spiro atoms. The van der Waals surface area contributed by atoms with E-state index in [0.717, 1.165) is 18.4 Å². The summed E-state index contributed by atoms with van der Waals surface area (Å²) in [7, 11) is 0. The summed E-state index contributed by atoms with van der Waals surface area (Å²) >= 11 is 0. The third-order valence-corrected chi connectivity index (χ3v) is 3.94. The lowest BCUT2D eigenvalue weighted by atomic mass is 9.89. The Bertz CT molecular complexity index is 645. The predicted octanol–water partition coefficient (Wildman–Crippen LogP) is 2.07. The zero-order valence-corrected chi connectivity index (χ0v) is 11.3. The van der Waals surface area contributed by atoms with E-state index >= 15 is 0 Å². The minimum Gasteiger partial charge on any atom is -0.335 e. The molecule has 1 aliphatic carbocycles. The number of benzene rings is 1. The fourth-order valence-electron chi connectivity index (χ4n) is 2.83. The molecule has 104 valence electrons.